The van der Waals surface area contributed by atoms with Gasteiger partial charge in [0.1, 0.15) is 18.1 Å². The molecule has 0 aliphatic rings. The standard InChI is InChI=1S/C22H39N7O5S/c1-13(2)18(21(32)27-16(22(33)34)7-9-35-3)29-20(31)17(10-14-11-25-12-26-14)28-19(30)15(24)6-4-5-8-23/h11-13,15-18H,4-10,23-24H2,1-3H3,(H,25,26)(H,27,32)(H,28,30)(H,29,31)(H,33,34). The molecule has 0 aromatic carbocycles. The number of hydrogen-bond acceptors (Lipinski definition) is 8. The second-order valence-corrected chi connectivity index (χ2v) is 9.63. The quantitative estimate of drug-likeness (QED) is 0.132. The summed E-state index contributed by atoms with van der Waals surface area (Å²) in [5.41, 5.74) is 12.1. The molecule has 3 amide bonds. The van der Waals surface area contributed by atoms with Gasteiger partial charge in [0.2, 0.25) is 17.7 Å². The average molecular weight is 514 g/mol. The molecule has 0 bridgehead atoms. The van der Waals surface area contributed by atoms with Crippen molar-refractivity contribution in [2.24, 2.45) is 17.4 Å². The Morgan fingerprint density at radius 2 is 1.74 bits per heavy atom. The molecular weight excluding hydrogens is 474 g/mol. The molecular formula is C22H39N7O5S. The Bertz CT molecular complexity index is 806. The third-order valence-corrected chi connectivity index (χ3v) is 6.03. The van der Waals surface area contributed by atoms with Gasteiger partial charge in [-0.05, 0) is 43.7 Å². The number of thioether (sulfide) groups is 1. The molecule has 12 nitrogen and oxygen atoms in total. The molecule has 4 unspecified atom stereocenters. The zero-order valence-electron chi connectivity index (χ0n) is 20.6. The number of rotatable bonds is 17. The zero-order valence-corrected chi connectivity index (χ0v) is 21.4. The number of nitrogens with one attached hydrogen (secondary N) is 4. The molecule has 13 heteroatoms. The minimum atomic E-state index is -1.14. The molecule has 0 aliphatic carbocycles. The fourth-order valence-electron chi connectivity index (χ4n) is 3.29. The van der Waals surface area contributed by atoms with Crippen molar-refractivity contribution in [3.05, 3.63) is 18.2 Å². The molecule has 35 heavy (non-hydrogen) atoms. The summed E-state index contributed by atoms with van der Waals surface area (Å²) in [6, 6.07) is -3.90. The van der Waals surface area contributed by atoms with Crippen LogP contribution in [-0.2, 0) is 25.6 Å². The van der Waals surface area contributed by atoms with Crippen molar-refractivity contribution >= 4 is 35.5 Å². The van der Waals surface area contributed by atoms with E-state index in [2.05, 4.69) is 25.9 Å². The van der Waals surface area contributed by atoms with Gasteiger partial charge in [0, 0.05) is 18.3 Å². The van der Waals surface area contributed by atoms with Crippen LogP contribution in [0.4, 0.5) is 0 Å². The number of imidazole rings is 1. The largest absolute Gasteiger partial charge is 0.480 e. The normalized spacial score (nSPS) is 14.6. The highest BCUT2D eigenvalue weighted by Crippen LogP contribution is 2.08. The van der Waals surface area contributed by atoms with Gasteiger partial charge in [-0.3, -0.25) is 14.4 Å². The lowest BCUT2D eigenvalue weighted by molar-refractivity contribution is -0.142. The van der Waals surface area contributed by atoms with Gasteiger partial charge in [-0.15, -0.1) is 0 Å². The lowest BCUT2D eigenvalue weighted by Gasteiger charge is -2.27. The predicted octanol–water partition coefficient (Wildman–Crippen LogP) is -0.643. The van der Waals surface area contributed by atoms with Crippen LogP contribution in [0.2, 0.25) is 0 Å². The number of carbonyl (C=O) groups is 4. The summed E-state index contributed by atoms with van der Waals surface area (Å²) >= 11 is 1.47. The van der Waals surface area contributed by atoms with Crippen molar-refractivity contribution in [1.29, 1.82) is 0 Å². The van der Waals surface area contributed by atoms with Crippen LogP contribution in [0.15, 0.2) is 12.5 Å². The molecule has 0 aliphatic heterocycles. The molecule has 1 aromatic heterocycles. The van der Waals surface area contributed by atoms with Crippen LogP contribution in [0.5, 0.6) is 0 Å². The number of carboxylic acid groups (broad SMARTS) is 1. The number of H-pyrrole nitrogens is 1. The summed E-state index contributed by atoms with van der Waals surface area (Å²) in [5.74, 6) is -2.61. The minimum Gasteiger partial charge on any atom is -0.480 e. The summed E-state index contributed by atoms with van der Waals surface area (Å²) in [4.78, 5) is 57.1. The second-order valence-electron chi connectivity index (χ2n) is 8.64. The third-order valence-electron chi connectivity index (χ3n) is 5.39. The van der Waals surface area contributed by atoms with Crippen molar-refractivity contribution < 1.29 is 24.3 Å². The fraction of sp³-hybridized carbons (Fsp3) is 0.682. The molecule has 9 N–H and O–H groups in total. The van der Waals surface area contributed by atoms with Crippen molar-refractivity contribution in [2.45, 2.75) is 70.1 Å². The first kappa shape index (κ1) is 30.4. The molecule has 0 spiro atoms. The molecule has 1 aromatic rings. The number of aromatic amines is 1. The van der Waals surface area contributed by atoms with Gasteiger partial charge >= 0.3 is 5.97 Å². The van der Waals surface area contributed by atoms with E-state index >= 15 is 0 Å². The monoisotopic (exact) mass is 513 g/mol. The Labute approximate surface area is 210 Å². The highest BCUT2D eigenvalue weighted by molar-refractivity contribution is 7.98. The van der Waals surface area contributed by atoms with Crippen molar-refractivity contribution in [3.63, 3.8) is 0 Å². The van der Waals surface area contributed by atoms with E-state index in [1.165, 1.54) is 24.3 Å². The molecule has 0 radical (unpaired) electrons. The molecule has 0 saturated heterocycles. The molecule has 1 heterocycles. The van der Waals surface area contributed by atoms with E-state index < -0.39 is 47.9 Å². The number of hydrogen-bond donors (Lipinski definition) is 7. The lowest BCUT2D eigenvalue weighted by Crippen LogP contribution is -2.59. The number of aromatic nitrogens is 2. The third kappa shape index (κ3) is 11.1. The molecule has 198 valence electrons. The number of amides is 3. The maximum absolute atomic E-state index is 13.2. The smallest absolute Gasteiger partial charge is 0.326 e. The van der Waals surface area contributed by atoms with Gasteiger partial charge in [-0.1, -0.05) is 20.3 Å². The Kier molecular flexibility index (Phi) is 14.0. The number of unbranched alkanes of at least 4 members (excludes halogenated alkanes) is 1. The van der Waals surface area contributed by atoms with Crippen LogP contribution in [0.3, 0.4) is 0 Å². The van der Waals surface area contributed by atoms with E-state index in [4.69, 9.17) is 11.5 Å². The summed E-state index contributed by atoms with van der Waals surface area (Å²) < 4.78 is 0. The Hall–Kier alpha value is -2.64. The minimum absolute atomic E-state index is 0.102. The van der Waals surface area contributed by atoms with Crippen LogP contribution < -0.4 is 27.4 Å². The van der Waals surface area contributed by atoms with E-state index in [1.54, 1.807) is 13.8 Å². The van der Waals surface area contributed by atoms with E-state index in [1.807, 2.05) is 6.26 Å². The topological polar surface area (TPSA) is 205 Å². The first-order valence-corrected chi connectivity index (χ1v) is 13.1. The first-order valence-electron chi connectivity index (χ1n) is 11.7. The average Bonchev–Trinajstić information content (AvgIpc) is 3.32. The van der Waals surface area contributed by atoms with Crippen LogP contribution >= 0.6 is 11.8 Å². The Morgan fingerprint density at radius 3 is 2.29 bits per heavy atom. The highest BCUT2D eigenvalue weighted by Gasteiger charge is 2.32. The number of carboxylic acids is 1. The maximum atomic E-state index is 13.2. The highest BCUT2D eigenvalue weighted by atomic mass is 32.2. The van der Waals surface area contributed by atoms with E-state index in [0.717, 1.165) is 6.42 Å². The summed E-state index contributed by atoms with van der Waals surface area (Å²) in [7, 11) is 0. The van der Waals surface area contributed by atoms with Gasteiger partial charge in [0.25, 0.3) is 0 Å². The van der Waals surface area contributed by atoms with Gasteiger partial charge in [0.05, 0.1) is 12.4 Å². The SMILES string of the molecule is CSCCC(NC(=O)C(NC(=O)C(Cc1cnc[nH]1)NC(=O)C(N)CCCCN)C(C)C)C(=O)O. The van der Waals surface area contributed by atoms with Gasteiger partial charge in [-0.25, -0.2) is 9.78 Å². The summed E-state index contributed by atoms with van der Waals surface area (Å²) in [5, 5.41) is 17.3. The lowest BCUT2D eigenvalue weighted by atomic mass is 10.0. The molecule has 0 fully saturated rings. The van der Waals surface area contributed by atoms with E-state index in [9.17, 15) is 24.3 Å². The van der Waals surface area contributed by atoms with E-state index in [-0.39, 0.29) is 18.8 Å². The second kappa shape index (κ2) is 16.1. The van der Waals surface area contributed by atoms with Crippen LogP contribution in [0, 0.1) is 5.92 Å². The molecule has 0 saturated carbocycles. The Balaban J connectivity index is 2.95. The first-order chi connectivity index (χ1) is 16.6. The van der Waals surface area contributed by atoms with Gasteiger partial charge in [0.15, 0.2) is 0 Å². The molecule has 1 rings (SSSR count). The molecule has 4 atom stereocenters. The Morgan fingerprint density at radius 1 is 1.06 bits per heavy atom. The van der Waals surface area contributed by atoms with Crippen molar-refractivity contribution in [3.8, 4) is 0 Å². The predicted molar refractivity (Wildman–Crippen MR) is 134 cm³/mol. The maximum Gasteiger partial charge on any atom is 0.326 e. The summed E-state index contributed by atoms with van der Waals surface area (Å²) in [6.07, 6.45) is 7.02. The number of nitrogens with zero attached hydrogens (tertiary/aromatic N) is 1. The zero-order chi connectivity index (χ0) is 26.4. The fourth-order valence-corrected chi connectivity index (χ4v) is 3.76. The van der Waals surface area contributed by atoms with Crippen LogP contribution in [0.1, 0.15) is 45.2 Å². The van der Waals surface area contributed by atoms with E-state index in [0.29, 0.717) is 30.8 Å². The van der Waals surface area contributed by atoms with Crippen LogP contribution in [-0.4, -0.2) is 81.5 Å². The van der Waals surface area contributed by atoms with Gasteiger partial charge in [-0.2, -0.15) is 11.8 Å². The number of nitrogens with two attached hydrogens (primary N) is 2. The van der Waals surface area contributed by atoms with Gasteiger partial charge < -0.3 is 37.5 Å². The summed E-state index contributed by atoms with van der Waals surface area (Å²) in [6.45, 7) is 3.97. The number of carbonyl (C=O) groups excluding carboxylic acids is 3. The van der Waals surface area contributed by atoms with Crippen molar-refractivity contribution in [2.75, 3.05) is 18.6 Å². The van der Waals surface area contributed by atoms with Crippen molar-refractivity contribution in [1.82, 2.24) is 25.9 Å². The van der Waals surface area contributed by atoms with Crippen LogP contribution in [0.25, 0.3) is 0 Å². The number of aliphatic carboxylic acids is 1.